The number of hydrogen-bond acceptors (Lipinski definition) is 4. The molecule has 0 unspecified atom stereocenters. The first kappa shape index (κ1) is 15.0. The van der Waals surface area contributed by atoms with Crippen molar-refractivity contribution < 1.29 is 19.1 Å². The van der Waals surface area contributed by atoms with Crippen LogP contribution in [0.5, 0.6) is 5.75 Å². The number of hydrogen-bond donors (Lipinski definition) is 1. The van der Waals surface area contributed by atoms with E-state index >= 15 is 0 Å². The zero-order valence-corrected chi connectivity index (χ0v) is 14.3. The molecule has 5 nitrogen and oxygen atoms in total. The van der Waals surface area contributed by atoms with Crippen LogP contribution in [0.4, 0.5) is 5.69 Å². The van der Waals surface area contributed by atoms with Crippen molar-refractivity contribution in [1.82, 2.24) is 0 Å². The molecule has 1 aromatic rings. The van der Waals surface area contributed by atoms with Gasteiger partial charge in [0.1, 0.15) is 11.9 Å². The first-order chi connectivity index (χ1) is 11.1. The minimum Gasteiger partial charge on any atom is -0.494 e. The molecule has 23 heavy (non-hydrogen) atoms. The van der Waals surface area contributed by atoms with Gasteiger partial charge in [-0.1, -0.05) is 15.9 Å². The van der Waals surface area contributed by atoms with Crippen LogP contribution in [-0.2, 0) is 14.3 Å². The van der Waals surface area contributed by atoms with Crippen molar-refractivity contribution in [2.24, 2.45) is 23.7 Å². The molecular formula is C17H18BrNO4. The Bertz CT molecular complexity index is 646. The Labute approximate surface area is 142 Å². The number of anilines is 1. The molecule has 3 aliphatic rings. The summed E-state index contributed by atoms with van der Waals surface area (Å²) < 4.78 is 10.8. The van der Waals surface area contributed by atoms with Crippen molar-refractivity contribution in [2.75, 3.05) is 11.9 Å². The van der Waals surface area contributed by atoms with E-state index in [0.717, 1.165) is 17.9 Å². The van der Waals surface area contributed by atoms with Crippen LogP contribution in [0, 0.1) is 23.7 Å². The number of halogens is 1. The summed E-state index contributed by atoms with van der Waals surface area (Å²) >= 11 is 3.62. The molecule has 3 fully saturated rings. The van der Waals surface area contributed by atoms with Gasteiger partial charge in [0.15, 0.2) is 0 Å². The third-order valence-electron chi connectivity index (χ3n) is 5.26. The van der Waals surface area contributed by atoms with E-state index in [1.165, 1.54) is 0 Å². The van der Waals surface area contributed by atoms with Crippen molar-refractivity contribution in [2.45, 2.75) is 24.3 Å². The predicted molar refractivity (Wildman–Crippen MR) is 87.4 cm³/mol. The van der Waals surface area contributed by atoms with Crippen LogP contribution in [-0.4, -0.2) is 29.4 Å². The molecule has 1 saturated heterocycles. The molecule has 6 atom stereocenters. The van der Waals surface area contributed by atoms with Gasteiger partial charge in [0.05, 0.1) is 23.3 Å². The first-order valence-electron chi connectivity index (χ1n) is 7.98. The summed E-state index contributed by atoms with van der Waals surface area (Å²) in [6.07, 6.45) is 0.838. The lowest BCUT2D eigenvalue weighted by molar-refractivity contribution is -0.145. The monoisotopic (exact) mass is 379 g/mol. The summed E-state index contributed by atoms with van der Waals surface area (Å²) in [5, 5.41) is 2.94. The van der Waals surface area contributed by atoms with Crippen LogP contribution in [0.3, 0.4) is 0 Å². The Morgan fingerprint density at radius 1 is 1.35 bits per heavy atom. The molecule has 2 saturated carbocycles. The van der Waals surface area contributed by atoms with Gasteiger partial charge in [0.25, 0.3) is 0 Å². The zero-order chi connectivity index (χ0) is 16.1. The fourth-order valence-corrected chi connectivity index (χ4v) is 5.40. The van der Waals surface area contributed by atoms with Gasteiger partial charge in [-0.05, 0) is 43.5 Å². The largest absolute Gasteiger partial charge is 0.494 e. The number of esters is 1. The number of ether oxygens (including phenoxy) is 2. The van der Waals surface area contributed by atoms with E-state index in [1.54, 1.807) is 0 Å². The summed E-state index contributed by atoms with van der Waals surface area (Å²) in [6, 6.07) is 7.29. The minimum absolute atomic E-state index is 0.0490. The molecule has 4 rings (SSSR count). The van der Waals surface area contributed by atoms with Crippen molar-refractivity contribution in [1.29, 1.82) is 0 Å². The van der Waals surface area contributed by atoms with E-state index in [-0.39, 0.29) is 46.5 Å². The van der Waals surface area contributed by atoms with Gasteiger partial charge in [-0.15, -0.1) is 0 Å². The molecule has 0 aromatic heterocycles. The van der Waals surface area contributed by atoms with Crippen LogP contribution in [0.2, 0.25) is 0 Å². The summed E-state index contributed by atoms with van der Waals surface area (Å²) in [5.41, 5.74) is 0.718. The molecule has 122 valence electrons. The Morgan fingerprint density at radius 3 is 2.78 bits per heavy atom. The van der Waals surface area contributed by atoms with Gasteiger partial charge in [-0.2, -0.15) is 0 Å². The highest BCUT2D eigenvalue weighted by Gasteiger charge is 2.67. The molecule has 0 spiro atoms. The second-order valence-electron chi connectivity index (χ2n) is 6.41. The fourth-order valence-electron chi connectivity index (χ4n) is 4.36. The van der Waals surface area contributed by atoms with Crippen molar-refractivity contribution in [3.63, 3.8) is 0 Å². The normalized spacial score (nSPS) is 36.9. The summed E-state index contributed by atoms with van der Waals surface area (Å²) in [5.74, 6) is 0.249. The maximum atomic E-state index is 12.7. The molecule has 6 heteroatoms. The average Bonchev–Trinajstić information content (AvgIpc) is 3.13. The van der Waals surface area contributed by atoms with E-state index in [2.05, 4.69) is 21.2 Å². The van der Waals surface area contributed by atoms with E-state index in [0.29, 0.717) is 6.61 Å². The highest BCUT2D eigenvalue weighted by Crippen LogP contribution is 2.60. The number of rotatable bonds is 4. The highest BCUT2D eigenvalue weighted by atomic mass is 79.9. The number of fused-ring (bicyclic) bond motifs is 1. The number of carbonyl (C=O) groups excluding carboxylic acids is 2. The summed E-state index contributed by atoms with van der Waals surface area (Å²) in [6.45, 7) is 2.53. The predicted octanol–water partition coefficient (Wildman–Crippen LogP) is 2.59. The van der Waals surface area contributed by atoms with E-state index in [1.807, 2.05) is 31.2 Å². The van der Waals surface area contributed by atoms with Crippen LogP contribution < -0.4 is 10.1 Å². The van der Waals surface area contributed by atoms with Crippen molar-refractivity contribution >= 4 is 33.5 Å². The maximum absolute atomic E-state index is 12.7. The average molecular weight is 380 g/mol. The van der Waals surface area contributed by atoms with Crippen LogP contribution in [0.15, 0.2) is 24.3 Å². The number of nitrogens with one attached hydrogen (secondary N) is 1. The Kier molecular flexibility index (Phi) is 3.59. The molecule has 1 aliphatic heterocycles. The third-order valence-corrected chi connectivity index (χ3v) is 6.46. The standard InChI is InChI=1S/C17H18BrNO4/c1-2-22-9-5-3-8(4-6-9)19-16(20)12-10-7-11-13(12)17(21)23-15(11)14(10)18/h3-6,10-15H,2,7H2,1H3,(H,19,20)/t10-,11-,12+,13+,14-,15+/m1/s1. The van der Waals surface area contributed by atoms with Gasteiger partial charge in [-0.3, -0.25) is 9.59 Å². The van der Waals surface area contributed by atoms with Crippen molar-refractivity contribution in [3.05, 3.63) is 24.3 Å². The van der Waals surface area contributed by atoms with E-state index in [9.17, 15) is 9.59 Å². The molecule has 0 radical (unpaired) electrons. The Balaban J connectivity index is 1.50. The highest BCUT2D eigenvalue weighted by molar-refractivity contribution is 9.09. The van der Waals surface area contributed by atoms with Crippen LogP contribution in [0.1, 0.15) is 13.3 Å². The summed E-state index contributed by atoms with van der Waals surface area (Å²) in [7, 11) is 0. The molecule has 2 bridgehead atoms. The van der Waals surface area contributed by atoms with Gasteiger partial charge in [0.2, 0.25) is 5.91 Å². The van der Waals surface area contributed by atoms with Gasteiger partial charge < -0.3 is 14.8 Å². The number of amides is 1. The molecule has 1 N–H and O–H groups in total. The second-order valence-corrected chi connectivity index (χ2v) is 7.46. The maximum Gasteiger partial charge on any atom is 0.310 e. The Morgan fingerprint density at radius 2 is 2.09 bits per heavy atom. The first-order valence-corrected chi connectivity index (χ1v) is 8.90. The third kappa shape index (κ3) is 2.26. The van der Waals surface area contributed by atoms with Crippen LogP contribution in [0.25, 0.3) is 0 Å². The molecule has 1 amide bonds. The van der Waals surface area contributed by atoms with E-state index < -0.39 is 0 Å². The molecular weight excluding hydrogens is 362 g/mol. The molecule has 1 heterocycles. The second kappa shape index (κ2) is 5.51. The minimum atomic E-state index is -0.304. The molecule has 1 aromatic carbocycles. The number of carbonyl (C=O) groups is 2. The number of benzene rings is 1. The van der Waals surface area contributed by atoms with Gasteiger partial charge >= 0.3 is 5.97 Å². The SMILES string of the molecule is CCOc1ccc(NC(=O)[C@H]2[C@H]3C[C@H]4[C@H](OC(=O)[C@@H]42)[C@@H]3Br)cc1. The quantitative estimate of drug-likeness (QED) is 0.644. The summed E-state index contributed by atoms with van der Waals surface area (Å²) in [4.78, 5) is 24.9. The molecule has 2 aliphatic carbocycles. The fraction of sp³-hybridized carbons (Fsp3) is 0.529. The van der Waals surface area contributed by atoms with E-state index in [4.69, 9.17) is 9.47 Å². The van der Waals surface area contributed by atoms with Crippen molar-refractivity contribution in [3.8, 4) is 5.75 Å². The Hall–Kier alpha value is -1.56. The smallest absolute Gasteiger partial charge is 0.310 e. The lowest BCUT2D eigenvalue weighted by Gasteiger charge is -2.27. The van der Waals surface area contributed by atoms with Gasteiger partial charge in [0, 0.05) is 11.6 Å². The number of alkyl halides is 1. The topological polar surface area (TPSA) is 64.6 Å². The zero-order valence-electron chi connectivity index (χ0n) is 12.7. The lowest BCUT2D eigenvalue weighted by atomic mass is 9.79. The lowest BCUT2D eigenvalue weighted by Crippen LogP contribution is -2.40. The van der Waals surface area contributed by atoms with Crippen LogP contribution >= 0.6 is 15.9 Å². The van der Waals surface area contributed by atoms with Gasteiger partial charge in [-0.25, -0.2) is 0 Å².